The summed E-state index contributed by atoms with van der Waals surface area (Å²) in [5.41, 5.74) is 2.59. The van der Waals surface area contributed by atoms with E-state index in [-0.39, 0.29) is 12.3 Å². The molecule has 2 aliphatic rings. The second-order valence-electron chi connectivity index (χ2n) is 7.07. The smallest absolute Gasteiger partial charge is 0.319 e. The van der Waals surface area contributed by atoms with E-state index in [1.165, 1.54) is 11.1 Å². The number of fused-ring (bicyclic) bond motifs is 1. The van der Waals surface area contributed by atoms with Crippen molar-refractivity contribution in [2.24, 2.45) is 0 Å². The second kappa shape index (κ2) is 6.09. The van der Waals surface area contributed by atoms with Crippen LogP contribution in [0.4, 0.5) is 4.79 Å². The number of hydrogen-bond acceptors (Lipinski definition) is 3. The van der Waals surface area contributed by atoms with E-state index >= 15 is 0 Å². The monoisotopic (exact) mass is 348 g/mol. The summed E-state index contributed by atoms with van der Waals surface area (Å²) in [5.74, 6) is -0.622. The Labute approximate surface area is 152 Å². The molecule has 0 saturated carbocycles. The minimum absolute atomic E-state index is 0.222. The van der Waals surface area contributed by atoms with Gasteiger partial charge < -0.3 is 5.32 Å². The average Bonchev–Trinajstić information content (AvgIpc) is 3.20. The van der Waals surface area contributed by atoms with E-state index in [1.807, 2.05) is 30.3 Å². The quantitative estimate of drug-likeness (QED) is 0.682. The topological polar surface area (TPSA) is 66.5 Å². The Kier molecular flexibility index (Phi) is 3.87. The fraction of sp³-hybridized carbons (Fsp3) is 0.286. The van der Waals surface area contributed by atoms with Crippen LogP contribution >= 0.6 is 0 Å². The van der Waals surface area contributed by atoms with E-state index in [0.717, 1.165) is 24.2 Å². The van der Waals surface area contributed by atoms with Crippen molar-refractivity contribution in [2.75, 3.05) is 6.54 Å². The molecule has 5 nitrogen and oxygen atoms in total. The van der Waals surface area contributed by atoms with Crippen LogP contribution in [0.1, 0.15) is 40.4 Å². The van der Waals surface area contributed by atoms with E-state index in [1.54, 1.807) is 25.1 Å². The molecule has 1 saturated heterocycles. The molecule has 1 heterocycles. The molecule has 0 radical (unpaired) electrons. The SMILES string of the molecule is CC1(c2ccccc2)NC(=O)N(CC(=O)c2ccc3c(c2)CCC3)C1=O. The van der Waals surface area contributed by atoms with E-state index in [2.05, 4.69) is 5.32 Å². The third-order valence-electron chi connectivity index (χ3n) is 5.35. The number of rotatable bonds is 4. The molecular formula is C21H20N2O3. The number of nitrogens with zero attached hydrogens (tertiary/aromatic N) is 1. The van der Waals surface area contributed by atoms with E-state index in [0.29, 0.717) is 11.1 Å². The zero-order chi connectivity index (χ0) is 18.3. The van der Waals surface area contributed by atoms with Crippen molar-refractivity contribution in [3.05, 3.63) is 70.8 Å². The summed E-state index contributed by atoms with van der Waals surface area (Å²) in [6.45, 7) is 1.42. The van der Waals surface area contributed by atoms with Gasteiger partial charge in [0.15, 0.2) is 5.78 Å². The van der Waals surface area contributed by atoms with Crippen LogP contribution in [-0.4, -0.2) is 29.2 Å². The van der Waals surface area contributed by atoms with Gasteiger partial charge in [-0.2, -0.15) is 0 Å². The molecule has 0 spiro atoms. The molecule has 26 heavy (non-hydrogen) atoms. The molecule has 0 bridgehead atoms. The van der Waals surface area contributed by atoms with Gasteiger partial charge >= 0.3 is 6.03 Å². The van der Waals surface area contributed by atoms with Crippen LogP contribution in [0.2, 0.25) is 0 Å². The third kappa shape index (κ3) is 2.60. The lowest BCUT2D eigenvalue weighted by Crippen LogP contribution is -2.41. The zero-order valence-electron chi connectivity index (χ0n) is 14.6. The van der Waals surface area contributed by atoms with E-state index in [9.17, 15) is 14.4 Å². The maximum atomic E-state index is 12.9. The van der Waals surface area contributed by atoms with Crippen LogP contribution in [0.5, 0.6) is 0 Å². The van der Waals surface area contributed by atoms with Crippen molar-refractivity contribution in [1.82, 2.24) is 10.2 Å². The summed E-state index contributed by atoms with van der Waals surface area (Å²) in [4.78, 5) is 38.9. The van der Waals surface area contributed by atoms with Gasteiger partial charge in [0, 0.05) is 5.56 Å². The van der Waals surface area contributed by atoms with Crippen molar-refractivity contribution >= 4 is 17.7 Å². The maximum Gasteiger partial charge on any atom is 0.325 e. The number of aryl methyl sites for hydroxylation is 2. The van der Waals surface area contributed by atoms with Crippen LogP contribution in [-0.2, 0) is 23.2 Å². The highest BCUT2D eigenvalue weighted by Crippen LogP contribution is 2.29. The Morgan fingerprint density at radius 3 is 2.58 bits per heavy atom. The number of Topliss-reactive ketones (excluding diaryl/α,β-unsaturated/α-hetero) is 1. The minimum atomic E-state index is -1.14. The average molecular weight is 348 g/mol. The Bertz CT molecular complexity index is 907. The van der Waals surface area contributed by atoms with Gasteiger partial charge in [-0.1, -0.05) is 42.5 Å². The van der Waals surface area contributed by atoms with Crippen LogP contribution in [0.15, 0.2) is 48.5 Å². The van der Waals surface area contributed by atoms with Gasteiger partial charge in [0.1, 0.15) is 5.54 Å². The molecule has 2 aromatic carbocycles. The molecular weight excluding hydrogens is 328 g/mol. The third-order valence-corrected chi connectivity index (χ3v) is 5.35. The molecule has 1 atom stereocenters. The number of imide groups is 1. The van der Waals surface area contributed by atoms with E-state index < -0.39 is 17.5 Å². The van der Waals surface area contributed by atoms with Gasteiger partial charge in [0.2, 0.25) is 0 Å². The highest BCUT2D eigenvalue weighted by atomic mass is 16.2. The van der Waals surface area contributed by atoms with Gasteiger partial charge in [0.05, 0.1) is 6.54 Å². The lowest BCUT2D eigenvalue weighted by Gasteiger charge is -2.22. The van der Waals surface area contributed by atoms with Gasteiger partial charge in [-0.3, -0.25) is 14.5 Å². The first-order chi connectivity index (χ1) is 12.5. The molecule has 1 N–H and O–H groups in total. The molecule has 1 aliphatic heterocycles. The fourth-order valence-corrected chi connectivity index (χ4v) is 3.79. The van der Waals surface area contributed by atoms with Gasteiger partial charge in [0.25, 0.3) is 5.91 Å². The van der Waals surface area contributed by atoms with Crippen LogP contribution in [0, 0.1) is 0 Å². The van der Waals surface area contributed by atoms with Crippen LogP contribution in [0.3, 0.4) is 0 Å². The standard InChI is InChI=1S/C21H20N2O3/c1-21(17-8-3-2-4-9-17)19(25)23(20(26)22-21)13-18(24)16-11-10-14-6-5-7-15(14)12-16/h2-4,8-12H,5-7,13H2,1H3,(H,22,26). The van der Waals surface area contributed by atoms with Crippen molar-refractivity contribution in [2.45, 2.75) is 31.7 Å². The van der Waals surface area contributed by atoms with Crippen molar-refractivity contribution in [3.63, 3.8) is 0 Å². The highest BCUT2D eigenvalue weighted by molar-refractivity contribution is 6.11. The second-order valence-corrected chi connectivity index (χ2v) is 7.07. The number of hydrogen-bond donors (Lipinski definition) is 1. The Hall–Kier alpha value is -2.95. The number of nitrogens with one attached hydrogen (secondary N) is 1. The van der Waals surface area contributed by atoms with Crippen molar-refractivity contribution < 1.29 is 14.4 Å². The molecule has 1 fully saturated rings. The minimum Gasteiger partial charge on any atom is -0.319 e. The van der Waals surface area contributed by atoms with Crippen molar-refractivity contribution in [1.29, 1.82) is 0 Å². The Balaban J connectivity index is 1.56. The molecule has 2 aromatic rings. The molecule has 132 valence electrons. The molecule has 3 amide bonds. The van der Waals surface area contributed by atoms with Crippen LogP contribution < -0.4 is 5.32 Å². The van der Waals surface area contributed by atoms with Crippen LogP contribution in [0.25, 0.3) is 0 Å². The van der Waals surface area contributed by atoms with Gasteiger partial charge in [-0.15, -0.1) is 0 Å². The number of carbonyl (C=O) groups is 3. The van der Waals surface area contributed by atoms with E-state index in [4.69, 9.17) is 0 Å². The largest absolute Gasteiger partial charge is 0.325 e. The zero-order valence-corrected chi connectivity index (χ0v) is 14.6. The summed E-state index contributed by atoms with van der Waals surface area (Å²) in [6, 6.07) is 14.2. The molecule has 1 unspecified atom stereocenters. The predicted octanol–water partition coefficient (Wildman–Crippen LogP) is 2.83. The summed E-state index contributed by atoms with van der Waals surface area (Å²) in [7, 11) is 0. The number of benzene rings is 2. The lowest BCUT2D eigenvalue weighted by atomic mass is 9.92. The number of urea groups is 1. The highest BCUT2D eigenvalue weighted by Gasteiger charge is 2.49. The fourth-order valence-electron chi connectivity index (χ4n) is 3.79. The molecule has 1 aliphatic carbocycles. The Morgan fingerprint density at radius 1 is 1.08 bits per heavy atom. The number of amides is 3. The maximum absolute atomic E-state index is 12.9. The number of carbonyl (C=O) groups excluding carboxylic acids is 3. The Morgan fingerprint density at radius 2 is 1.81 bits per heavy atom. The summed E-state index contributed by atoms with van der Waals surface area (Å²) < 4.78 is 0. The predicted molar refractivity (Wildman–Crippen MR) is 96.8 cm³/mol. The molecule has 0 aromatic heterocycles. The lowest BCUT2D eigenvalue weighted by molar-refractivity contribution is -0.130. The molecule has 5 heteroatoms. The summed E-state index contributed by atoms with van der Waals surface area (Å²) in [6.07, 6.45) is 3.13. The number of ketones is 1. The first-order valence-corrected chi connectivity index (χ1v) is 8.84. The van der Waals surface area contributed by atoms with Crippen molar-refractivity contribution in [3.8, 4) is 0 Å². The summed E-state index contributed by atoms with van der Waals surface area (Å²) >= 11 is 0. The van der Waals surface area contributed by atoms with Gasteiger partial charge in [-0.25, -0.2) is 4.79 Å². The first-order valence-electron chi connectivity index (χ1n) is 8.84. The normalized spacial score (nSPS) is 21.7. The molecule has 4 rings (SSSR count). The van der Waals surface area contributed by atoms with Gasteiger partial charge in [-0.05, 0) is 48.9 Å². The summed E-state index contributed by atoms with van der Waals surface area (Å²) in [5, 5.41) is 2.73. The first kappa shape index (κ1) is 16.5.